The molecule has 0 radical (unpaired) electrons. The molecule has 0 saturated carbocycles. The highest BCUT2D eigenvalue weighted by molar-refractivity contribution is 14.1. The minimum absolute atomic E-state index is 0.785. The summed E-state index contributed by atoms with van der Waals surface area (Å²) in [6.45, 7) is 0.785. The Hall–Kier alpha value is -0.250. The first-order chi connectivity index (χ1) is 4.89. The van der Waals surface area contributed by atoms with E-state index in [9.17, 15) is 0 Å². The van der Waals surface area contributed by atoms with Crippen molar-refractivity contribution in [2.75, 3.05) is 6.61 Å². The molecule has 0 saturated heterocycles. The van der Waals surface area contributed by atoms with Gasteiger partial charge in [0.05, 0.1) is 12.9 Å². The highest BCUT2D eigenvalue weighted by Crippen LogP contribution is 2.11. The van der Waals surface area contributed by atoms with Crippen LogP contribution in [0.5, 0.6) is 0 Å². The Balaban J connectivity index is 2.57. The lowest BCUT2D eigenvalue weighted by Gasteiger charge is -1.97. The zero-order valence-electron chi connectivity index (χ0n) is 5.59. The number of hydrogen-bond acceptors (Lipinski definition) is 1. The summed E-state index contributed by atoms with van der Waals surface area (Å²) < 4.78 is 6.48. The molecule has 0 amide bonds. The summed E-state index contributed by atoms with van der Waals surface area (Å²) in [4.78, 5) is 0. The van der Waals surface area contributed by atoms with Crippen molar-refractivity contribution in [2.45, 2.75) is 6.42 Å². The maximum atomic E-state index is 5.15. The van der Waals surface area contributed by atoms with E-state index in [2.05, 4.69) is 28.7 Å². The second-order valence-electron chi connectivity index (χ2n) is 1.95. The fraction of sp³-hybridized carbons (Fsp3) is 0.250. The average Bonchev–Trinajstić information content (AvgIpc) is 2.02. The summed E-state index contributed by atoms with van der Waals surface area (Å²) in [5.41, 5.74) is 0. The van der Waals surface area contributed by atoms with Crippen molar-refractivity contribution in [3.05, 3.63) is 34.1 Å². The molecule has 1 rings (SSSR count). The first kappa shape index (κ1) is 7.85. The Kier molecular flexibility index (Phi) is 3.57. The molecule has 0 unspecified atom stereocenters. The summed E-state index contributed by atoms with van der Waals surface area (Å²) in [5, 5.41) is 0. The number of allylic oxidation sites excluding steroid dienone is 4. The summed E-state index contributed by atoms with van der Waals surface area (Å²) in [6.07, 6.45) is 10.7. The zero-order chi connectivity index (χ0) is 7.23. The van der Waals surface area contributed by atoms with Crippen molar-refractivity contribution in [1.82, 2.24) is 0 Å². The normalized spacial score (nSPS) is 29.9. The lowest BCUT2D eigenvalue weighted by Crippen LogP contribution is -1.85. The number of hydrogen-bond donors (Lipinski definition) is 0. The molecule has 0 fully saturated rings. The number of halogens is 1. The van der Waals surface area contributed by atoms with E-state index in [1.165, 1.54) is 3.58 Å². The Labute approximate surface area is 74.6 Å². The average molecular weight is 248 g/mol. The van der Waals surface area contributed by atoms with E-state index in [1.54, 1.807) is 6.26 Å². The summed E-state index contributed by atoms with van der Waals surface area (Å²) in [7, 11) is 0. The highest BCUT2D eigenvalue weighted by atomic mass is 127. The molecular formula is C8H9IO. The first-order valence-corrected chi connectivity index (χ1v) is 4.27. The van der Waals surface area contributed by atoms with Crippen LogP contribution in [-0.4, -0.2) is 6.61 Å². The maximum Gasteiger partial charge on any atom is 0.0918 e. The minimum atomic E-state index is 0.785. The van der Waals surface area contributed by atoms with Crippen LogP contribution in [-0.2, 0) is 4.74 Å². The zero-order valence-corrected chi connectivity index (χ0v) is 7.74. The molecule has 0 aliphatic carbocycles. The molecule has 0 atom stereocenters. The topological polar surface area (TPSA) is 9.23 Å². The number of rotatable bonds is 0. The minimum Gasteiger partial charge on any atom is -0.501 e. The molecule has 54 valence electrons. The highest BCUT2D eigenvalue weighted by Gasteiger charge is 1.90. The first-order valence-electron chi connectivity index (χ1n) is 3.19. The predicted molar refractivity (Wildman–Crippen MR) is 51.0 cm³/mol. The van der Waals surface area contributed by atoms with Gasteiger partial charge in [-0.1, -0.05) is 18.2 Å². The van der Waals surface area contributed by atoms with Crippen LogP contribution in [0.3, 0.4) is 0 Å². The lowest BCUT2D eigenvalue weighted by molar-refractivity contribution is 0.256. The largest absolute Gasteiger partial charge is 0.501 e. The van der Waals surface area contributed by atoms with Crippen LogP contribution in [0.1, 0.15) is 6.42 Å². The molecule has 0 aromatic heterocycles. The van der Waals surface area contributed by atoms with Crippen molar-refractivity contribution in [1.29, 1.82) is 0 Å². The molecule has 1 aliphatic rings. The Morgan fingerprint density at radius 2 is 2.20 bits per heavy atom. The van der Waals surface area contributed by atoms with Crippen LogP contribution in [0, 0.1) is 0 Å². The molecular weight excluding hydrogens is 239 g/mol. The van der Waals surface area contributed by atoms with Crippen molar-refractivity contribution < 1.29 is 4.74 Å². The van der Waals surface area contributed by atoms with E-state index in [0.717, 1.165) is 13.0 Å². The van der Waals surface area contributed by atoms with Gasteiger partial charge >= 0.3 is 0 Å². The van der Waals surface area contributed by atoms with Crippen molar-refractivity contribution >= 4 is 22.6 Å². The molecule has 0 bridgehead atoms. The van der Waals surface area contributed by atoms with E-state index in [-0.39, 0.29) is 0 Å². The van der Waals surface area contributed by atoms with E-state index < -0.39 is 0 Å². The van der Waals surface area contributed by atoms with E-state index >= 15 is 0 Å². The van der Waals surface area contributed by atoms with Gasteiger partial charge in [-0.05, 0) is 32.2 Å². The van der Waals surface area contributed by atoms with Gasteiger partial charge in [-0.25, -0.2) is 0 Å². The Bertz CT molecular complexity index is 180. The second kappa shape index (κ2) is 4.55. The Morgan fingerprint density at radius 3 is 3.10 bits per heavy atom. The van der Waals surface area contributed by atoms with Gasteiger partial charge in [-0.2, -0.15) is 0 Å². The predicted octanol–water partition coefficient (Wildman–Crippen LogP) is 2.80. The molecule has 1 aliphatic heterocycles. The van der Waals surface area contributed by atoms with Gasteiger partial charge in [-0.3, -0.25) is 0 Å². The standard InChI is InChI=1S/C8H9IO/c9-8-4-2-1-3-6-10-7-5-8/h1-4,6H,5,7H2/b2-1-,6-3+,8-4-. The van der Waals surface area contributed by atoms with E-state index in [4.69, 9.17) is 4.74 Å². The van der Waals surface area contributed by atoms with Gasteiger partial charge in [0.25, 0.3) is 0 Å². The van der Waals surface area contributed by atoms with Gasteiger partial charge in [0.2, 0.25) is 0 Å². The van der Waals surface area contributed by atoms with Gasteiger partial charge in [0, 0.05) is 6.42 Å². The molecule has 2 heteroatoms. The fourth-order valence-corrected chi connectivity index (χ4v) is 1.06. The smallest absolute Gasteiger partial charge is 0.0918 e. The van der Waals surface area contributed by atoms with Gasteiger partial charge in [0.15, 0.2) is 0 Å². The van der Waals surface area contributed by atoms with Gasteiger partial charge in [-0.15, -0.1) is 0 Å². The molecule has 10 heavy (non-hydrogen) atoms. The maximum absolute atomic E-state index is 5.15. The molecule has 1 nitrogen and oxygen atoms in total. The van der Waals surface area contributed by atoms with Gasteiger partial charge < -0.3 is 4.74 Å². The third-order valence-electron chi connectivity index (χ3n) is 1.13. The summed E-state index contributed by atoms with van der Waals surface area (Å²) >= 11 is 2.32. The molecule has 0 N–H and O–H groups in total. The number of ether oxygens (including phenoxy) is 1. The molecule has 0 aromatic rings. The van der Waals surface area contributed by atoms with Crippen LogP contribution in [0.15, 0.2) is 34.1 Å². The SMILES string of the molecule is I\C1=C/C=C\C=C\OCC1. The van der Waals surface area contributed by atoms with Crippen molar-refractivity contribution in [3.8, 4) is 0 Å². The molecule has 1 heterocycles. The van der Waals surface area contributed by atoms with E-state index in [0.29, 0.717) is 0 Å². The van der Waals surface area contributed by atoms with Crippen LogP contribution in [0.4, 0.5) is 0 Å². The Morgan fingerprint density at radius 1 is 1.30 bits per heavy atom. The molecule has 0 aromatic carbocycles. The third kappa shape index (κ3) is 3.06. The summed E-state index contributed by atoms with van der Waals surface area (Å²) in [6, 6.07) is 0. The molecule has 0 spiro atoms. The van der Waals surface area contributed by atoms with Crippen LogP contribution in [0.2, 0.25) is 0 Å². The third-order valence-corrected chi connectivity index (χ3v) is 2.03. The van der Waals surface area contributed by atoms with Crippen LogP contribution in [0.25, 0.3) is 0 Å². The van der Waals surface area contributed by atoms with Crippen LogP contribution < -0.4 is 0 Å². The van der Waals surface area contributed by atoms with Crippen molar-refractivity contribution in [2.24, 2.45) is 0 Å². The second-order valence-corrected chi connectivity index (χ2v) is 3.33. The quantitative estimate of drug-likeness (QED) is 0.599. The lowest BCUT2D eigenvalue weighted by atomic mass is 10.4. The summed E-state index contributed by atoms with van der Waals surface area (Å²) in [5.74, 6) is 0. The monoisotopic (exact) mass is 248 g/mol. The van der Waals surface area contributed by atoms with Crippen LogP contribution >= 0.6 is 22.6 Å². The van der Waals surface area contributed by atoms with Gasteiger partial charge in [0.1, 0.15) is 0 Å². The fourth-order valence-electron chi connectivity index (χ4n) is 0.633. The van der Waals surface area contributed by atoms with E-state index in [1.807, 2.05) is 18.2 Å². The van der Waals surface area contributed by atoms with Crippen molar-refractivity contribution in [3.63, 3.8) is 0 Å².